The van der Waals surface area contributed by atoms with Crippen LogP contribution >= 0.6 is 0 Å². The van der Waals surface area contributed by atoms with Gasteiger partial charge in [-0.05, 0) is 32.4 Å². The summed E-state index contributed by atoms with van der Waals surface area (Å²) < 4.78 is 0. The Morgan fingerprint density at radius 1 is 1.29 bits per heavy atom. The Kier molecular flexibility index (Phi) is 3.49. The van der Waals surface area contributed by atoms with Crippen LogP contribution in [0.5, 0.6) is 0 Å². The highest BCUT2D eigenvalue weighted by Crippen LogP contribution is 2.40. The molecular weight excluding hydrogens is 208 g/mol. The Bertz CT molecular complexity index is 410. The summed E-state index contributed by atoms with van der Waals surface area (Å²) in [6.07, 6.45) is 3.36. The fourth-order valence-corrected chi connectivity index (χ4v) is 2.49. The molecule has 0 atom stereocenters. The molecule has 0 unspecified atom stereocenters. The van der Waals surface area contributed by atoms with Gasteiger partial charge in [-0.1, -0.05) is 36.2 Å². The Balaban J connectivity index is 1.91. The molecule has 0 amide bonds. The first-order valence-electron chi connectivity index (χ1n) is 6.29. The molecule has 1 aliphatic carbocycles. The molecule has 1 saturated carbocycles. The average molecular weight is 228 g/mol. The van der Waals surface area contributed by atoms with Crippen molar-refractivity contribution in [1.82, 2.24) is 4.90 Å². The standard InChI is InChI=1S/C15H20N2/c1-13-4-6-14(7-5-13)10-17(2)12-15(11-16)8-3-9-15/h4-7H,3,8-10,12H2,1-2H3. The van der Waals surface area contributed by atoms with E-state index in [4.69, 9.17) is 0 Å². The molecule has 0 aliphatic heterocycles. The second-order valence-electron chi connectivity index (χ2n) is 5.40. The monoisotopic (exact) mass is 228 g/mol. The van der Waals surface area contributed by atoms with Crippen LogP contribution in [0.2, 0.25) is 0 Å². The van der Waals surface area contributed by atoms with E-state index in [0.29, 0.717) is 0 Å². The third kappa shape index (κ3) is 2.87. The molecule has 0 N–H and O–H groups in total. The number of hydrogen-bond acceptors (Lipinski definition) is 2. The predicted octanol–water partition coefficient (Wildman–Crippen LogP) is 3.12. The average Bonchev–Trinajstić information content (AvgIpc) is 2.27. The topological polar surface area (TPSA) is 27.0 Å². The predicted molar refractivity (Wildman–Crippen MR) is 69.4 cm³/mol. The highest BCUT2D eigenvalue weighted by Gasteiger charge is 2.37. The first-order valence-corrected chi connectivity index (χ1v) is 6.29. The van der Waals surface area contributed by atoms with Crippen molar-refractivity contribution in [1.29, 1.82) is 5.26 Å². The SMILES string of the molecule is Cc1ccc(CN(C)CC2(C#N)CCC2)cc1. The molecule has 17 heavy (non-hydrogen) atoms. The minimum absolute atomic E-state index is 0.0561. The molecule has 0 saturated heterocycles. The molecule has 0 aromatic heterocycles. The lowest BCUT2D eigenvalue weighted by Gasteiger charge is -2.38. The fraction of sp³-hybridized carbons (Fsp3) is 0.533. The van der Waals surface area contributed by atoms with Gasteiger partial charge in [0.1, 0.15) is 0 Å². The van der Waals surface area contributed by atoms with Crippen molar-refractivity contribution < 1.29 is 0 Å². The zero-order chi connectivity index (χ0) is 12.3. The van der Waals surface area contributed by atoms with Crippen LogP contribution in [0.1, 0.15) is 30.4 Å². The van der Waals surface area contributed by atoms with Gasteiger partial charge in [0.2, 0.25) is 0 Å². The molecule has 0 bridgehead atoms. The third-order valence-corrected chi connectivity index (χ3v) is 3.69. The van der Waals surface area contributed by atoms with Gasteiger partial charge in [-0.3, -0.25) is 0 Å². The lowest BCUT2D eigenvalue weighted by Crippen LogP contribution is -2.39. The normalized spacial score (nSPS) is 17.5. The van der Waals surface area contributed by atoms with Crippen LogP contribution in [0.25, 0.3) is 0 Å². The molecule has 0 spiro atoms. The Hall–Kier alpha value is -1.33. The van der Waals surface area contributed by atoms with Crippen molar-refractivity contribution in [2.45, 2.75) is 32.7 Å². The summed E-state index contributed by atoms with van der Waals surface area (Å²) in [6.45, 7) is 3.94. The van der Waals surface area contributed by atoms with E-state index in [2.05, 4.69) is 49.2 Å². The fourth-order valence-electron chi connectivity index (χ4n) is 2.49. The Morgan fingerprint density at radius 2 is 1.94 bits per heavy atom. The van der Waals surface area contributed by atoms with Crippen LogP contribution in [-0.4, -0.2) is 18.5 Å². The van der Waals surface area contributed by atoms with Crippen molar-refractivity contribution in [3.8, 4) is 6.07 Å². The zero-order valence-electron chi connectivity index (χ0n) is 10.7. The second kappa shape index (κ2) is 4.89. The quantitative estimate of drug-likeness (QED) is 0.791. The van der Waals surface area contributed by atoms with Crippen molar-refractivity contribution in [3.63, 3.8) is 0 Å². The molecule has 1 aromatic rings. The molecule has 1 aliphatic rings. The molecule has 0 heterocycles. The highest BCUT2D eigenvalue weighted by atomic mass is 15.1. The van der Waals surface area contributed by atoms with Gasteiger partial charge in [-0.25, -0.2) is 0 Å². The van der Waals surface area contributed by atoms with E-state index in [9.17, 15) is 5.26 Å². The molecule has 1 fully saturated rings. The largest absolute Gasteiger partial charge is 0.301 e. The first-order chi connectivity index (χ1) is 8.13. The van der Waals surface area contributed by atoms with Crippen LogP contribution < -0.4 is 0 Å². The number of rotatable bonds is 4. The van der Waals surface area contributed by atoms with E-state index < -0.39 is 0 Å². The maximum Gasteiger partial charge on any atom is 0.0703 e. The molecule has 2 rings (SSSR count). The summed E-state index contributed by atoms with van der Waals surface area (Å²) in [5, 5.41) is 9.21. The summed E-state index contributed by atoms with van der Waals surface area (Å²) in [7, 11) is 2.11. The number of benzene rings is 1. The van der Waals surface area contributed by atoms with Crippen LogP contribution in [0, 0.1) is 23.7 Å². The van der Waals surface area contributed by atoms with Gasteiger partial charge in [0, 0.05) is 13.1 Å². The molecular formula is C15H20N2. The zero-order valence-corrected chi connectivity index (χ0v) is 10.7. The van der Waals surface area contributed by atoms with Gasteiger partial charge in [-0.15, -0.1) is 0 Å². The first kappa shape index (κ1) is 12.1. The summed E-state index contributed by atoms with van der Waals surface area (Å²) in [5.74, 6) is 0. The van der Waals surface area contributed by atoms with Gasteiger partial charge >= 0.3 is 0 Å². The molecule has 90 valence electrons. The van der Waals surface area contributed by atoms with Gasteiger partial charge in [0.05, 0.1) is 11.5 Å². The van der Waals surface area contributed by atoms with E-state index in [1.54, 1.807) is 0 Å². The van der Waals surface area contributed by atoms with E-state index in [1.807, 2.05) is 0 Å². The van der Waals surface area contributed by atoms with Crippen molar-refractivity contribution >= 4 is 0 Å². The van der Waals surface area contributed by atoms with Crippen molar-refractivity contribution in [3.05, 3.63) is 35.4 Å². The van der Waals surface area contributed by atoms with Gasteiger partial charge in [0.15, 0.2) is 0 Å². The summed E-state index contributed by atoms with van der Waals surface area (Å²) in [4.78, 5) is 2.27. The summed E-state index contributed by atoms with van der Waals surface area (Å²) in [5.41, 5.74) is 2.56. The number of nitrogens with zero attached hydrogens (tertiary/aromatic N) is 2. The Morgan fingerprint density at radius 3 is 2.41 bits per heavy atom. The Labute approximate surface area is 104 Å². The van der Waals surface area contributed by atoms with Crippen LogP contribution in [0.15, 0.2) is 24.3 Å². The second-order valence-corrected chi connectivity index (χ2v) is 5.40. The number of hydrogen-bond donors (Lipinski definition) is 0. The van der Waals surface area contributed by atoms with Crippen LogP contribution in [0.4, 0.5) is 0 Å². The lowest BCUT2D eigenvalue weighted by atomic mass is 9.69. The highest BCUT2D eigenvalue weighted by molar-refractivity contribution is 5.21. The maximum absolute atomic E-state index is 9.21. The molecule has 1 aromatic carbocycles. The number of aryl methyl sites for hydroxylation is 1. The molecule has 0 radical (unpaired) electrons. The van der Waals surface area contributed by atoms with Gasteiger partial charge in [-0.2, -0.15) is 5.26 Å². The number of nitriles is 1. The van der Waals surface area contributed by atoms with Gasteiger partial charge in [0.25, 0.3) is 0 Å². The van der Waals surface area contributed by atoms with E-state index >= 15 is 0 Å². The van der Waals surface area contributed by atoms with Crippen LogP contribution in [-0.2, 0) is 6.54 Å². The third-order valence-electron chi connectivity index (χ3n) is 3.69. The lowest BCUT2D eigenvalue weighted by molar-refractivity contribution is 0.134. The summed E-state index contributed by atoms with van der Waals surface area (Å²) in [6, 6.07) is 11.1. The van der Waals surface area contributed by atoms with Crippen molar-refractivity contribution in [2.24, 2.45) is 5.41 Å². The van der Waals surface area contributed by atoms with E-state index in [0.717, 1.165) is 25.9 Å². The molecule has 2 heteroatoms. The maximum atomic E-state index is 9.21. The molecule has 2 nitrogen and oxygen atoms in total. The van der Waals surface area contributed by atoms with E-state index in [1.165, 1.54) is 17.5 Å². The van der Waals surface area contributed by atoms with Crippen molar-refractivity contribution in [2.75, 3.05) is 13.6 Å². The van der Waals surface area contributed by atoms with Gasteiger partial charge < -0.3 is 4.90 Å². The smallest absolute Gasteiger partial charge is 0.0703 e. The minimum atomic E-state index is -0.0561. The minimum Gasteiger partial charge on any atom is -0.301 e. The summed E-state index contributed by atoms with van der Waals surface area (Å²) >= 11 is 0. The van der Waals surface area contributed by atoms with Crippen LogP contribution in [0.3, 0.4) is 0 Å². The van der Waals surface area contributed by atoms with E-state index in [-0.39, 0.29) is 5.41 Å².